The zero-order valence-corrected chi connectivity index (χ0v) is 10.6. The Morgan fingerprint density at radius 2 is 2.22 bits per heavy atom. The summed E-state index contributed by atoms with van der Waals surface area (Å²) < 4.78 is 20.5. The molecule has 1 heterocycles. The molecule has 0 unspecified atom stereocenters. The molecule has 1 aromatic heterocycles. The Bertz CT molecular complexity index is 607. The van der Waals surface area contributed by atoms with Gasteiger partial charge in [0, 0.05) is 19.2 Å². The van der Waals surface area contributed by atoms with E-state index in [-0.39, 0.29) is 17.2 Å². The van der Waals surface area contributed by atoms with Crippen LogP contribution in [-0.4, -0.2) is 22.8 Å². The molecule has 6 heteroatoms. The molecule has 0 spiro atoms. The molecule has 2 aromatic rings. The van der Waals surface area contributed by atoms with Crippen LogP contribution in [0.3, 0.4) is 0 Å². The van der Waals surface area contributed by atoms with Gasteiger partial charge in [-0.3, -0.25) is 0 Å². The maximum absolute atomic E-state index is 13.4. The number of aromatic nitrogens is 2. The Labute approximate surface area is 108 Å². The Morgan fingerprint density at radius 1 is 1.50 bits per heavy atom. The zero-order chi connectivity index (χ0) is 12.9. The molecule has 1 aromatic carbocycles. The molecule has 0 amide bonds. The monoisotopic (exact) mass is 269 g/mol. The number of nitrogens with two attached hydrogens (primary N) is 1. The van der Waals surface area contributed by atoms with Crippen molar-refractivity contribution < 1.29 is 9.13 Å². The van der Waals surface area contributed by atoms with E-state index >= 15 is 0 Å². The molecular formula is C12H13ClFN3O. The third-order valence-corrected chi connectivity index (χ3v) is 3.82. The Balaban J connectivity index is 2.06. The average Bonchev–Trinajstić information content (AvgIpc) is 2.55. The summed E-state index contributed by atoms with van der Waals surface area (Å²) >= 11 is 5.81. The van der Waals surface area contributed by atoms with Crippen LogP contribution in [0.4, 0.5) is 10.3 Å². The van der Waals surface area contributed by atoms with Crippen LogP contribution in [0.1, 0.15) is 18.9 Å². The van der Waals surface area contributed by atoms with Gasteiger partial charge in [-0.25, -0.2) is 9.37 Å². The quantitative estimate of drug-likeness (QED) is 0.912. The molecule has 96 valence electrons. The van der Waals surface area contributed by atoms with E-state index in [1.165, 1.54) is 6.07 Å². The topological polar surface area (TPSA) is 53.1 Å². The summed E-state index contributed by atoms with van der Waals surface area (Å²) in [7, 11) is 1.70. The van der Waals surface area contributed by atoms with Crippen molar-refractivity contribution in [3.8, 4) is 0 Å². The minimum atomic E-state index is -0.475. The minimum Gasteiger partial charge on any atom is -0.381 e. The molecule has 0 saturated heterocycles. The SMILES string of the molecule is COC1CC(n2c(N)nc3cc(F)c(Cl)cc32)C1. The first-order chi connectivity index (χ1) is 8.60. The van der Waals surface area contributed by atoms with Gasteiger partial charge in [-0.15, -0.1) is 0 Å². The second-order valence-electron chi connectivity index (χ2n) is 4.58. The molecule has 1 saturated carbocycles. The number of anilines is 1. The van der Waals surface area contributed by atoms with E-state index in [4.69, 9.17) is 22.1 Å². The molecule has 0 atom stereocenters. The van der Waals surface area contributed by atoms with Gasteiger partial charge in [-0.2, -0.15) is 0 Å². The number of nitrogen functional groups attached to an aromatic ring is 1. The Hall–Kier alpha value is -1.33. The third kappa shape index (κ3) is 1.66. The number of nitrogens with zero attached hydrogens (tertiary/aromatic N) is 2. The molecule has 3 rings (SSSR count). The molecule has 1 aliphatic rings. The summed E-state index contributed by atoms with van der Waals surface area (Å²) in [4.78, 5) is 4.17. The van der Waals surface area contributed by atoms with Crippen LogP contribution in [0, 0.1) is 5.82 Å². The number of hydrogen-bond acceptors (Lipinski definition) is 3. The number of benzene rings is 1. The fourth-order valence-corrected chi connectivity index (χ4v) is 2.59. The molecule has 1 aliphatic carbocycles. The van der Waals surface area contributed by atoms with Gasteiger partial charge in [0.25, 0.3) is 0 Å². The maximum atomic E-state index is 13.4. The van der Waals surface area contributed by atoms with E-state index in [0.717, 1.165) is 18.4 Å². The van der Waals surface area contributed by atoms with Crippen molar-refractivity contribution in [1.82, 2.24) is 9.55 Å². The van der Waals surface area contributed by atoms with Crippen molar-refractivity contribution in [1.29, 1.82) is 0 Å². The van der Waals surface area contributed by atoms with Gasteiger partial charge in [0.1, 0.15) is 5.82 Å². The molecule has 0 bridgehead atoms. The molecule has 1 fully saturated rings. The van der Waals surface area contributed by atoms with Crippen LogP contribution in [-0.2, 0) is 4.74 Å². The standard InChI is InChI=1S/C12H13ClFN3O/c1-18-7-2-6(3-7)17-11-4-8(13)9(14)5-10(11)16-12(17)15/h4-7H,2-3H2,1H3,(H2,15,16). The largest absolute Gasteiger partial charge is 0.381 e. The minimum absolute atomic E-state index is 0.0891. The van der Waals surface area contributed by atoms with Crippen molar-refractivity contribution in [3.05, 3.63) is 23.0 Å². The Kier molecular flexibility index (Phi) is 2.68. The van der Waals surface area contributed by atoms with Gasteiger partial charge >= 0.3 is 0 Å². The first-order valence-electron chi connectivity index (χ1n) is 5.75. The van der Waals surface area contributed by atoms with E-state index < -0.39 is 5.82 Å². The molecule has 18 heavy (non-hydrogen) atoms. The number of methoxy groups -OCH3 is 1. The Morgan fingerprint density at radius 3 is 2.89 bits per heavy atom. The van der Waals surface area contributed by atoms with Crippen LogP contribution in [0.15, 0.2) is 12.1 Å². The summed E-state index contributed by atoms with van der Waals surface area (Å²) in [6.45, 7) is 0. The van der Waals surface area contributed by atoms with Crippen LogP contribution < -0.4 is 5.73 Å². The molecule has 2 N–H and O–H groups in total. The lowest BCUT2D eigenvalue weighted by Crippen LogP contribution is -2.33. The number of fused-ring (bicyclic) bond motifs is 1. The first-order valence-corrected chi connectivity index (χ1v) is 6.13. The van der Waals surface area contributed by atoms with Crippen molar-refractivity contribution in [2.75, 3.05) is 12.8 Å². The van der Waals surface area contributed by atoms with Crippen LogP contribution in [0.25, 0.3) is 11.0 Å². The normalized spacial score (nSPS) is 23.3. The molecule has 4 nitrogen and oxygen atoms in total. The van der Waals surface area contributed by atoms with Crippen molar-refractivity contribution in [2.24, 2.45) is 0 Å². The fourth-order valence-electron chi connectivity index (χ4n) is 2.43. The van der Waals surface area contributed by atoms with Crippen LogP contribution in [0.5, 0.6) is 0 Å². The van der Waals surface area contributed by atoms with E-state index in [0.29, 0.717) is 11.5 Å². The van der Waals surface area contributed by atoms with Gasteiger partial charge in [-0.1, -0.05) is 11.6 Å². The lowest BCUT2D eigenvalue weighted by atomic mass is 9.89. The van der Waals surface area contributed by atoms with Gasteiger partial charge in [0.05, 0.1) is 22.2 Å². The number of hydrogen-bond donors (Lipinski definition) is 1. The van der Waals surface area contributed by atoms with Gasteiger partial charge in [0.2, 0.25) is 5.95 Å². The summed E-state index contributed by atoms with van der Waals surface area (Å²) in [6.07, 6.45) is 2.05. The van der Waals surface area contributed by atoms with E-state index in [2.05, 4.69) is 4.98 Å². The van der Waals surface area contributed by atoms with Crippen molar-refractivity contribution in [3.63, 3.8) is 0 Å². The van der Waals surface area contributed by atoms with Crippen molar-refractivity contribution >= 4 is 28.6 Å². The number of imidazole rings is 1. The maximum Gasteiger partial charge on any atom is 0.201 e. The molecular weight excluding hydrogens is 257 g/mol. The number of rotatable bonds is 2. The highest BCUT2D eigenvalue weighted by molar-refractivity contribution is 6.31. The predicted octanol–water partition coefficient (Wildman–Crippen LogP) is 2.76. The lowest BCUT2D eigenvalue weighted by Gasteiger charge is -2.35. The van der Waals surface area contributed by atoms with Gasteiger partial charge in [0.15, 0.2) is 0 Å². The third-order valence-electron chi connectivity index (χ3n) is 3.53. The van der Waals surface area contributed by atoms with E-state index in [1.807, 2.05) is 4.57 Å². The number of ether oxygens (including phenoxy) is 1. The molecule has 0 radical (unpaired) electrons. The van der Waals surface area contributed by atoms with Crippen LogP contribution in [0.2, 0.25) is 5.02 Å². The predicted molar refractivity (Wildman–Crippen MR) is 68.2 cm³/mol. The smallest absolute Gasteiger partial charge is 0.201 e. The average molecular weight is 270 g/mol. The fraction of sp³-hybridized carbons (Fsp3) is 0.417. The first kappa shape index (κ1) is 11.7. The second kappa shape index (κ2) is 4.10. The van der Waals surface area contributed by atoms with Gasteiger partial charge < -0.3 is 15.0 Å². The highest BCUT2D eigenvalue weighted by atomic mass is 35.5. The second-order valence-corrected chi connectivity index (χ2v) is 4.99. The summed E-state index contributed by atoms with van der Waals surface area (Å²) in [6, 6.07) is 3.15. The van der Waals surface area contributed by atoms with Gasteiger partial charge in [-0.05, 0) is 18.9 Å². The summed E-state index contributed by atoms with van der Waals surface area (Å²) in [5.41, 5.74) is 7.21. The summed E-state index contributed by atoms with van der Waals surface area (Å²) in [5, 5.41) is 0.0891. The zero-order valence-electron chi connectivity index (χ0n) is 9.86. The number of halogens is 2. The van der Waals surface area contributed by atoms with Crippen molar-refractivity contribution in [2.45, 2.75) is 25.0 Å². The van der Waals surface area contributed by atoms with Crippen LogP contribution >= 0.6 is 11.6 Å². The highest BCUT2D eigenvalue weighted by Crippen LogP contribution is 2.38. The highest BCUT2D eigenvalue weighted by Gasteiger charge is 2.32. The summed E-state index contributed by atoms with van der Waals surface area (Å²) in [5.74, 6) is -0.0802. The van der Waals surface area contributed by atoms with E-state index in [1.54, 1.807) is 13.2 Å². The molecule has 0 aliphatic heterocycles. The van der Waals surface area contributed by atoms with E-state index in [9.17, 15) is 4.39 Å². The lowest BCUT2D eigenvalue weighted by molar-refractivity contribution is 0.00798.